The lowest BCUT2D eigenvalue weighted by Gasteiger charge is -1.94. The Morgan fingerprint density at radius 2 is 2.00 bits per heavy atom. The fourth-order valence-electron chi connectivity index (χ4n) is 1.01. The zero-order valence-corrected chi connectivity index (χ0v) is 8.20. The van der Waals surface area contributed by atoms with Crippen molar-refractivity contribution in [3.8, 4) is 0 Å². The number of hydrogen-bond acceptors (Lipinski definition) is 4. The number of fused-ring (bicyclic) bond motifs is 1. The molecule has 2 aromatic heterocycles. The number of hydrogen-bond donors (Lipinski definition) is 0. The summed E-state index contributed by atoms with van der Waals surface area (Å²) in [4.78, 5) is 8.29. The third-order valence-electron chi connectivity index (χ3n) is 1.55. The lowest BCUT2D eigenvalue weighted by molar-refractivity contribution is 1.09. The molecule has 0 atom stereocenters. The van der Waals surface area contributed by atoms with E-state index in [0.29, 0.717) is 11.0 Å². The van der Waals surface area contributed by atoms with Gasteiger partial charge in [-0.1, -0.05) is 11.6 Å². The Bertz CT molecular complexity index is 437. The maximum Gasteiger partial charge on any atom is 0.152 e. The molecule has 5 heteroatoms. The van der Waals surface area contributed by atoms with Crippen molar-refractivity contribution < 1.29 is 0 Å². The van der Waals surface area contributed by atoms with E-state index in [1.54, 1.807) is 0 Å². The van der Waals surface area contributed by atoms with Crippen LogP contribution in [-0.4, -0.2) is 14.3 Å². The van der Waals surface area contributed by atoms with Crippen molar-refractivity contribution in [1.82, 2.24) is 14.3 Å². The molecule has 0 unspecified atom stereocenters. The van der Waals surface area contributed by atoms with Crippen molar-refractivity contribution in [2.75, 3.05) is 0 Å². The highest BCUT2D eigenvalue weighted by atomic mass is 35.5. The molecule has 2 rings (SSSR count). The first-order valence-corrected chi connectivity index (χ1v) is 4.60. The molecule has 0 saturated carbocycles. The normalized spacial score (nSPS) is 10.9. The Balaban J connectivity index is 2.92. The zero-order chi connectivity index (χ0) is 8.72. The lowest BCUT2D eigenvalue weighted by Crippen LogP contribution is -1.88. The van der Waals surface area contributed by atoms with Gasteiger partial charge in [0, 0.05) is 0 Å². The Kier molecular flexibility index (Phi) is 1.73. The van der Waals surface area contributed by atoms with Crippen LogP contribution in [0.15, 0.2) is 0 Å². The van der Waals surface area contributed by atoms with E-state index >= 15 is 0 Å². The van der Waals surface area contributed by atoms with Crippen LogP contribution in [0, 0.1) is 13.8 Å². The number of aromatic nitrogens is 3. The summed E-state index contributed by atoms with van der Waals surface area (Å²) >= 11 is 7.24. The van der Waals surface area contributed by atoms with Gasteiger partial charge in [0.05, 0.1) is 5.69 Å². The van der Waals surface area contributed by atoms with Gasteiger partial charge >= 0.3 is 0 Å². The molecule has 0 aliphatic rings. The molecule has 0 bridgehead atoms. The van der Waals surface area contributed by atoms with Gasteiger partial charge in [-0.15, -0.1) is 0 Å². The molecule has 3 nitrogen and oxygen atoms in total. The van der Waals surface area contributed by atoms with E-state index in [0.717, 1.165) is 15.9 Å². The smallest absolute Gasteiger partial charge is 0.152 e. The molecule has 0 aliphatic carbocycles. The second kappa shape index (κ2) is 2.64. The summed E-state index contributed by atoms with van der Waals surface area (Å²) in [6.07, 6.45) is 0. The Morgan fingerprint density at radius 3 is 2.75 bits per heavy atom. The first-order chi connectivity index (χ1) is 5.68. The summed E-state index contributed by atoms with van der Waals surface area (Å²) in [7, 11) is 0. The van der Waals surface area contributed by atoms with Crippen molar-refractivity contribution >= 4 is 33.4 Å². The van der Waals surface area contributed by atoms with E-state index in [1.807, 2.05) is 13.8 Å². The molecular formula is C7H6ClN3S. The van der Waals surface area contributed by atoms with Gasteiger partial charge in [-0.25, -0.2) is 9.97 Å². The minimum atomic E-state index is 0.503. The van der Waals surface area contributed by atoms with Crippen LogP contribution < -0.4 is 0 Å². The molecule has 2 heterocycles. The fraction of sp³-hybridized carbons (Fsp3) is 0.286. The number of aryl methyl sites for hydroxylation is 2. The van der Waals surface area contributed by atoms with Gasteiger partial charge in [0.25, 0.3) is 0 Å². The van der Waals surface area contributed by atoms with Gasteiger partial charge in [0.2, 0.25) is 0 Å². The highest BCUT2D eigenvalue weighted by Crippen LogP contribution is 2.26. The second-order valence-corrected chi connectivity index (χ2v) is 3.64. The summed E-state index contributed by atoms with van der Waals surface area (Å²) in [5.41, 5.74) is 1.79. The van der Waals surface area contributed by atoms with E-state index in [-0.39, 0.29) is 0 Å². The van der Waals surface area contributed by atoms with Crippen LogP contribution in [0.3, 0.4) is 0 Å². The van der Waals surface area contributed by atoms with Crippen LogP contribution in [0.5, 0.6) is 0 Å². The monoisotopic (exact) mass is 199 g/mol. The minimum Gasteiger partial charge on any atom is -0.230 e. The highest BCUT2D eigenvalue weighted by Gasteiger charge is 2.08. The first-order valence-electron chi connectivity index (χ1n) is 3.44. The topological polar surface area (TPSA) is 38.7 Å². The molecule has 12 heavy (non-hydrogen) atoms. The Morgan fingerprint density at radius 1 is 1.25 bits per heavy atom. The minimum absolute atomic E-state index is 0.503. The van der Waals surface area contributed by atoms with E-state index in [9.17, 15) is 0 Å². The third kappa shape index (κ3) is 1.07. The van der Waals surface area contributed by atoms with Crippen LogP contribution in [0.25, 0.3) is 10.2 Å². The van der Waals surface area contributed by atoms with E-state index in [1.165, 1.54) is 11.5 Å². The molecule has 0 aromatic carbocycles. The summed E-state index contributed by atoms with van der Waals surface area (Å²) in [5, 5.41) is 0.503. The third-order valence-corrected chi connectivity index (χ3v) is 2.87. The number of nitrogens with zero attached hydrogens (tertiary/aromatic N) is 3. The van der Waals surface area contributed by atoms with Crippen LogP contribution >= 0.6 is 23.1 Å². The molecule has 0 amide bonds. The van der Waals surface area contributed by atoms with Crippen molar-refractivity contribution in [3.05, 3.63) is 16.7 Å². The summed E-state index contributed by atoms with van der Waals surface area (Å²) in [5.74, 6) is 0.691. The molecule has 0 fully saturated rings. The van der Waals surface area contributed by atoms with E-state index < -0.39 is 0 Å². The quantitative estimate of drug-likeness (QED) is 0.612. The Labute approximate surface area is 78.6 Å². The van der Waals surface area contributed by atoms with Crippen molar-refractivity contribution in [1.29, 1.82) is 0 Å². The average Bonchev–Trinajstić information content (AvgIpc) is 2.33. The standard InChI is InChI=1S/C7H6ClN3S/c1-3-5-6(12-11-3)7(8)10-4(2)9-5/h1-2H3. The average molecular weight is 200 g/mol. The predicted octanol–water partition coefficient (Wildman–Crippen LogP) is 2.36. The fourth-order valence-corrected chi connectivity index (χ4v) is 2.04. The SMILES string of the molecule is Cc1nc(Cl)c2snc(C)c2n1. The molecule has 0 saturated heterocycles. The van der Waals surface area contributed by atoms with Crippen LogP contribution in [0.1, 0.15) is 11.5 Å². The molecule has 0 spiro atoms. The first kappa shape index (κ1) is 7.89. The van der Waals surface area contributed by atoms with Gasteiger partial charge in [-0.05, 0) is 25.4 Å². The van der Waals surface area contributed by atoms with Crippen molar-refractivity contribution in [2.24, 2.45) is 0 Å². The predicted molar refractivity (Wildman–Crippen MR) is 49.7 cm³/mol. The molecule has 0 radical (unpaired) electrons. The van der Waals surface area contributed by atoms with Gasteiger partial charge in [0.1, 0.15) is 16.0 Å². The molecule has 62 valence electrons. The summed E-state index contributed by atoms with van der Waals surface area (Å²) < 4.78 is 5.03. The second-order valence-electron chi connectivity index (χ2n) is 2.51. The number of rotatable bonds is 0. The highest BCUT2D eigenvalue weighted by molar-refractivity contribution is 7.14. The van der Waals surface area contributed by atoms with Crippen LogP contribution in [0.2, 0.25) is 5.15 Å². The molecule has 2 aromatic rings. The molecule has 0 aliphatic heterocycles. The molecular weight excluding hydrogens is 194 g/mol. The van der Waals surface area contributed by atoms with Crippen molar-refractivity contribution in [2.45, 2.75) is 13.8 Å². The van der Waals surface area contributed by atoms with Crippen LogP contribution in [0.4, 0.5) is 0 Å². The van der Waals surface area contributed by atoms with Crippen molar-refractivity contribution in [3.63, 3.8) is 0 Å². The van der Waals surface area contributed by atoms with Gasteiger partial charge < -0.3 is 0 Å². The van der Waals surface area contributed by atoms with Gasteiger partial charge in [-0.3, -0.25) is 0 Å². The van der Waals surface area contributed by atoms with Gasteiger partial charge in [-0.2, -0.15) is 4.37 Å². The van der Waals surface area contributed by atoms with E-state index in [4.69, 9.17) is 11.6 Å². The lowest BCUT2D eigenvalue weighted by atomic mass is 10.4. The maximum atomic E-state index is 5.89. The van der Waals surface area contributed by atoms with Gasteiger partial charge in [0.15, 0.2) is 5.15 Å². The largest absolute Gasteiger partial charge is 0.230 e. The Hall–Kier alpha value is -0.740. The number of halogens is 1. The molecule has 0 N–H and O–H groups in total. The van der Waals surface area contributed by atoms with Crippen LogP contribution in [-0.2, 0) is 0 Å². The maximum absolute atomic E-state index is 5.89. The zero-order valence-electron chi connectivity index (χ0n) is 6.63. The van der Waals surface area contributed by atoms with E-state index in [2.05, 4.69) is 14.3 Å². The summed E-state index contributed by atoms with van der Waals surface area (Å²) in [6, 6.07) is 0. The summed E-state index contributed by atoms with van der Waals surface area (Å²) in [6.45, 7) is 3.74.